The highest BCUT2D eigenvalue weighted by molar-refractivity contribution is 5.87. The van der Waals surface area contributed by atoms with Crippen molar-refractivity contribution in [2.45, 2.75) is 65.1 Å². The van der Waals surface area contributed by atoms with Crippen LogP contribution in [0.2, 0.25) is 0 Å². The second kappa shape index (κ2) is 8.50. The summed E-state index contributed by atoms with van der Waals surface area (Å²) in [6, 6.07) is 5.63. The van der Waals surface area contributed by atoms with Crippen molar-refractivity contribution in [1.29, 1.82) is 0 Å². The average molecular weight is 384 g/mol. The van der Waals surface area contributed by atoms with Gasteiger partial charge in [-0.3, -0.25) is 9.59 Å². The van der Waals surface area contributed by atoms with E-state index in [1.807, 2.05) is 32.0 Å². The summed E-state index contributed by atoms with van der Waals surface area (Å²) >= 11 is 0. The normalized spacial score (nSPS) is 15.4. The summed E-state index contributed by atoms with van der Waals surface area (Å²) in [5.41, 5.74) is 3.20. The van der Waals surface area contributed by atoms with Gasteiger partial charge in [-0.15, -0.1) is 10.2 Å². The highest BCUT2D eigenvalue weighted by Gasteiger charge is 2.26. The molecular formula is C20H28N6O2. The van der Waals surface area contributed by atoms with E-state index in [9.17, 15) is 9.59 Å². The van der Waals surface area contributed by atoms with Crippen LogP contribution in [0.5, 0.6) is 0 Å². The van der Waals surface area contributed by atoms with Crippen LogP contribution in [0.4, 0.5) is 0 Å². The standard InChI is InChI=1S/C20H28N6O2/c1-13-9-10-16(11-14(13)2)19-22-24-26(23-19)12-18(27)25(4)15(3)20(28)21-17-7-5-6-8-17/h9-11,15,17H,5-8,12H2,1-4H3,(H,21,28). The number of aromatic nitrogens is 4. The van der Waals surface area contributed by atoms with Gasteiger partial charge in [-0.2, -0.15) is 4.80 Å². The summed E-state index contributed by atoms with van der Waals surface area (Å²) in [6.07, 6.45) is 4.32. The van der Waals surface area contributed by atoms with Crippen LogP contribution in [0.3, 0.4) is 0 Å². The minimum Gasteiger partial charge on any atom is -0.352 e. The van der Waals surface area contributed by atoms with Crippen molar-refractivity contribution < 1.29 is 9.59 Å². The van der Waals surface area contributed by atoms with Crippen LogP contribution >= 0.6 is 0 Å². The van der Waals surface area contributed by atoms with E-state index >= 15 is 0 Å². The maximum atomic E-state index is 12.6. The SMILES string of the molecule is Cc1ccc(-c2nnn(CC(=O)N(C)C(C)C(=O)NC3CCCC3)n2)cc1C. The number of carbonyl (C=O) groups is 2. The molecule has 1 aliphatic carbocycles. The fraction of sp³-hybridized carbons (Fsp3) is 0.550. The predicted octanol–water partition coefficient (Wildman–Crippen LogP) is 1.86. The van der Waals surface area contributed by atoms with Gasteiger partial charge < -0.3 is 10.2 Å². The summed E-state index contributed by atoms with van der Waals surface area (Å²) in [6.45, 7) is 5.74. The van der Waals surface area contributed by atoms with Crippen molar-refractivity contribution in [2.75, 3.05) is 7.05 Å². The van der Waals surface area contributed by atoms with Gasteiger partial charge in [-0.25, -0.2) is 0 Å². The number of likely N-dealkylation sites (N-methyl/N-ethyl adjacent to an activating group) is 1. The lowest BCUT2D eigenvalue weighted by molar-refractivity contribution is -0.139. The van der Waals surface area contributed by atoms with E-state index in [-0.39, 0.29) is 24.4 Å². The molecule has 1 N–H and O–H groups in total. The summed E-state index contributed by atoms with van der Waals surface area (Å²) in [5, 5.41) is 15.4. The molecule has 0 spiro atoms. The van der Waals surface area contributed by atoms with Crippen LogP contribution in [-0.2, 0) is 16.1 Å². The van der Waals surface area contributed by atoms with E-state index < -0.39 is 6.04 Å². The second-order valence-corrected chi connectivity index (χ2v) is 7.61. The smallest absolute Gasteiger partial charge is 0.246 e. The Morgan fingerprint density at radius 1 is 1.25 bits per heavy atom. The zero-order chi connectivity index (χ0) is 20.3. The topological polar surface area (TPSA) is 93.0 Å². The highest BCUT2D eigenvalue weighted by atomic mass is 16.2. The van der Waals surface area contributed by atoms with Gasteiger partial charge in [-0.1, -0.05) is 25.0 Å². The molecule has 1 saturated carbocycles. The minimum absolute atomic E-state index is 0.0601. The molecule has 0 saturated heterocycles. The van der Waals surface area contributed by atoms with E-state index in [4.69, 9.17) is 0 Å². The molecule has 0 bridgehead atoms. The Bertz CT molecular complexity index is 856. The molecule has 28 heavy (non-hydrogen) atoms. The predicted molar refractivity (Wildman–Crippen MR) is 105 cm³/mol. The first-order valence-corrected chi connectivity index (χ1v) is 9.76. The van der Waals surface area contributed by atoms with Gasteiger partial charge in [0.15, 0.2) is 0 Å². The van der Waals surface area contributed by atoms with Crippen molar-refractivity contribution in [1.82, 2.24) is 30.4 Å². The first-order valence-electron chi connectivity index (χ1n) is 9.76. The van der Waals surface area contributed by atoms with Gasteiger partial charge in [0.1, 0.15) is 12.6 Å². The number of hydrogen-bond donors (Lipinski definition) is 1. The third kappa shape index (κ3) is 4.55. The quantitative estimate of drug-likeness (QED) is 0.821. The number of hydrogen-bond acceptors (Lipinski definition) is 5. The van der Waals surface area contributed by atoms with Crippen LogP contribution < -0.4 is 5.32 Å². The molecule has 0 aliphatic heterocycles. The van der Waals surface area contributed by atoms with Crippen LogP contribution in [0.25, 0.3) is 11.4 Å². The molecule has 3 rings (SSSR count). The molecule has 1 fully saturated rings. The molecule has 1 aromatic carbocycles. The molecule has 1 aliphatic rings. The molecular weight excluding hydrogens is 356 g/mol. The molecule has 1 aromatic heterocycles. The second-order valence-electron chi connectivity index (χ2n) is 7.61. The Balaban J connectivity index is 1.59. The van der Waals surface area contributed by atoms with Gasteiger partial charge in [-0.05, 0) is 56.0 Å². The molecule has 8 nitrogen and oxygen atoms in total. The van der Waals surface area contributed by atoms with Crippen LogP contribution in [0.15, 0.2) is 18.2 Å². The summed E-state index contributed by atoms with van der Waals surface area (Å²) in [4.78, 5) is 27.7. The fourth-order valence-corrected chi connectivity index (χ4v) is 3.32. The van der Waals surface area contributed by atoms with Gasteiger partial charge >= 0.3 is 0 Å². The number of benzene rings is 1. The Morgan fingerprint density at radius 3 is 2.64 bits per heavy atom. The molecule has 8 heteroatoms. The lowest BCUT2D eigenvalue weighted by Crippen LogP contribution is -2.49. The van der Waals surface area contributed by atoms with Crippen molar-refractivity contribution in [3.05, 3.63) is 29.3 Å². The van der Waals surface area contributed by atoms with E-state index in [2.05, 4.69) is 20.7 Å². The van der Waals surface area contributed by atoms with E-state index in [0.717, 1.165) is 36.8 Å². The minimum atomic E-state index is -0.546. The maximum absolute atomic E-state index is 12.6. The third-order valence-corrected chi connectivity index (χ3v) is 5.55. The summed E-state index contributed by atoms with van der Waals surface area (Å²) in [7, 11) is 1.63. The molecule has 1 heterocycles. The maximum Gasteiger partial charge on any atom is 0.246 e. The monoisotopic (exact) mass is 384 g/mol. The van der Waals surface area contributed by atoms with Gasteiger partial charge in [0.05, 0.1) is 0 Å². The first-order chi connectivity index (χ1) is 13.3. The molecule has 0 radical (unpaired) electrons. The van der Waals surface area contributed by atoms with Gasteiger partial charge in [0.2, 0.25) is 17.6 Å². The molecule has 1 atom stereocenters. The number of nitrogens with zero attached hydrogens (tertiary/aromatic N) is 5. The van der Waals surface area contributed by atoms with Crippen LogP contribution in [0.1, 0.15) is 43.7 Å². The highest BCUT2D eigenvalue weighted by Crippen LogP contribution is 2.19. The first kappa shape index (κ1) is 20.0. The van der Waals surface area contributed by atoms with Crippen molar-refractivity contribution in [3.63, 3.8) is 0 Å². The van der Waals surface area contributed by atoms with E-state index in [0.29, 0.717) is 5.82 Å². The van der Waals surface area contributed by atoms with Gasteiger partial charge in [0.25, 0.3) is 0 Å². The lowest BCUT2D eigenvalue weighted by Gasteiger charge is -2.25. The van der Waals surface area contributed by atoms with E-state index in [1.54, 1.807) is 14.0 Å². The van der Waals surface area contributed by atoms with Crippen molar-refractivity contribution in [3.8, 4) is 11.4 Å². The largest absolute Gasteiger partial charge is 0.352 e. The van der Waals surface area contributed by atoms with Crippen molar-refractivity contribution in [2.24, 2.45) is 0 Å². The van der Waals surface area contributed by atoms with Crippen LogP contribution in [-0.4, -0.2) is 56.1 Å². The molecule has 2 aromatic rings. The molecule has 150 valence electrons. The average Bonchev–Trinajstić information content (AvgIpc) is 3.34. The number of carbonyl (C=O) groups excluding carboxylic acids is 2. The van der Waals surface area contributed by atoms with E-state index in [1.165, 1.54) is 15.3 Å². The van der Waals surface area contributed by atoms with Crippen molar-refractivity contribution >= 4 is 11.8 Å². The number of tetrazole rings is 1. The number of rotatable bonds is 6. The summed E-state index contributed by atoms with van der Waals surface area (Å²) < 4.78 is 0. The number of aryl methyl sites for hydroxylation is 2. The zero-order valence-electron chi connectivity index (χ0n) is 17.0. The molecule has 2 amide bonds. The lowest BCUT2D eigenvalue weighted by atomic mass is 10.1. The van der Waals surface area contributed by atoms with Crippen LogP contribution in [0, 0.1) is 13.8 Å². The number of amides is 2. The summed E-state index contributed by atoms with van der Waals surface area (Å²) in [5.74, 6) is 0.119. The fourth-order valence-electron chi connectivity index (χ4n) is 3.32. The number of nitrogens with one attached hydrogen (secondary N) is 1. The molecule has 1 unspecified atom stereocenters. The Hall–Kier alpha value is -2.77. The Morgan fingerprint density at radius 2 is 1.96 bits per heavy atom. The third-order valence-electron chi connectivity index (χ3n) is 5.55. The zero-order valence-corrected chi connectivity index (χ0v) is 17.0. The Kier molecular flexibility index (Phi) is 6.06. The Labute approximate surface area is 165 Å². The van der Waals surface area contributed by atoms with Gasteiger partial charge in [0, 0.05) is 18.7 Å².